The summed E-state index contributed by atoms with van der Waals surface area (Å²) in [7, 11) is -3.77. The largest absolute Gasteiger partial charge is 0.462 e. The molecule has 114 valence electrons. The summed E-state index contributed by atoms with van der Waals surface area (Å²) < 4.78 is 27.7. The lowest BCUT2D eigenvalue weighted by Gasteiger charge is -2.04. The summed E-state index contributed by atoms with van der Waals surface area (Å²) in [6.07, 6.45) is 5.36. The molecule has 0 bridgehead atoms. The highest BCUT2D eigenvalue weighted by molar-refractivity contribution is 7.91. The average molecular weight is 319 g/mol. The van der Waals surface area contributed by atoms with E-state index in [1.165, 1.54) is 18.2 Å². The van der Waals surface area contributed by atoms with Gasteiger partial charge in [0.2, 0.25) is 10.0 Å². The van der Waals surface area contributed by atoms with Crippen molar-refractivity contribution in [2.45, 2.75) is 50.2 Å². The maximum Gasteiger partial charge on any atom is 0.339 e. The number of primary sulfonamides is 1. The van der Waals surface area contributed by atoms with E-state index in [4.69, 9.17) is 9.88 Å². The number of sulfonamides is 1. The van der Waals surface area contributed by atoms with Crippen LogP contribution < -0.4 is 5.14 Å². The Bertz CT molecular complexity index is 549. The van der Waals surface area contributed by atoms with E-state index in [0.29, 0.717) is 12.2 Å². The van der Waals surface area contributed by atoms with Crippen LogP contribution in [0.15, 0.2) is 9.59 Å². The van der Waals surface area contributed by atoms with E-state index >= 15 is 0 Å². The summed E-state index contributed by atoms with van der Waals surface area (Å²) >= 11 is 0.948. The van der Waals surface area contributed by atoms with Gasteiger partial charge in [0.05, 0.1) is 12.2 Å². The van der Waals surface area contributed by atoms with Crippen LogP contribution in [0.25, 0.3) is 0 Å². The second-order valence-corrected chi connectivity index (χ2v) is 7.29. The second-order valence-electron chi connectivity index (χ2n) is 4.66. The number of rotatable bonds is 8. The predicted molar refractivity (Wildman–Crippen MR) is 79.5 cm³/mol. The van der Waals surface area contributed by atoms with Gasteiger partial charge in [0.25, 0.3) is 0 Å². The molecule has 1 aromatic heterocycles. The highest BCUT2D eigenvalue weighted by atomic mass is 32.2. The predicted octanol–water partition coefficient (Wildman–Crippen LogP) is 2.83. The topological polar surface area (TPSA) is 86.5 Å². The Balaban J connectivity index is 2.51. The van der Waals surface area contributed by atoms with E-state index in [9.17, 15) is 13.2 Å². The van der Waals surface area contributed by atoms with Gasteiger partial charge in [-0.15, -0.1) is 11.3 Å². The lowest BCUT2D eigenvalue weighted by atomic mass is 10.2. The molecule has 1 aromatic rings. The van der Waals surface area contributed by atoms with Gasteiger partial charge in [0.15, 0.2) is 0 Å². The highest BCUT2D eigenvalue weighted by Gasteiger charge is 2.21. The lowest BCUT2D eigenvalue weighted by Crippen LogP contribution is -2.13. The summed E-state index contributed by atoms with van der Waals surface area (Å²) in [5.41, 5.74) is 0.654. The fraction of sp³-hybridized carbons (Fsp3) is 0.615. The molecule has 0 saturated heterocycles. The van der Waals surface area contributed by atoms with E-state index in [1.54, 1.807) is 6.92 Å². The molecule has 7 heteroatoms. The third kappa shape index (κ3) is 4.88. The van der Waals surface area contributed by atoms with Crippen LogP contribution in [0.2, 0.25) is 0 Å². The number of hydrogen-bond acceptors (Lipinski definition) is 5. The summed E-state index contributed by atoms with van der Waals surface area (Å²) in [5.74, 6) is -0.482. The maximum atomic E-state index is 11.8. The van der Waals surface area contributed by atoms with E-state index in [2.05, 4.69) is 6.92 Å². The SMILES string of the molecule is CCCCCCCOC(=O)c1csc(S(N)(=O)=O)c1C. The maximum absolute atomic E-state index is 11.8. The van der Waals surface area contributed by atoms with Gasteiger partial charge in [0.1, 0.15) is 4.21 Å². The zero-order valence-electron chi connectivity index (χ0n) is 11.8. The minimum Gasteiger partial charge on any atom is -0.462 e. The van der Waals surface area contributed by atoms with Crippen LogP contribution in [0.5, 0.6) is 0 Å². The smallest absolute Gasteiger partial charge is 0.339 e. The Morgan fingerprint density at radius 2 is 1.95 bits per heavy atom. The van der Waals surface area contributed by atoms with Crippen molar-refractivity contribution in [3.8, 4) is 0 Å². The molecule has 0 spiro atoms. The number of ether oxygens (including phenoxy) is 1. The monoisotopic (exact) mass is 319 g/mol. The number of hydrogen-bond donors (Lipinski definition) is 1. The van der Waals surface area contributed by atoms with Crippen LogP contribution in [0.1, 0.15) is 54.9 Å². The second kappa shape index (κ2) is 7.75. The molecule has 0 radical (unpaired) electrons. The molecule has 2 N–H and O–H groups in total. The molecule has 0 saturated carbocycles. The van der Waals surface area contributed by atoms with Crippen molar-refractivity contribution in [2.75, 3.05) is 6.61 Å². The molecular weight excluding hydrogens is 298 g/mol. The first-order valence-corrected chi connectivity index (χ1v) is 9.08. The first-order valence-electron chi connectivity index (χ1n) is 6.66. The Labute approximate surface area is 124 Å². The molecule has 0 aromatic carbocycles. The summed E-state index contributed by atoms with van der Waals surface area (Å²) in [5, 5.41) is 6.55. The van der Waals surface area contributed by atoms with Crippen LogP contribution in [-0.4, -0.2) is 21.0 Å². The van der Waals surface area contributed by atoms with Crippen LogP contribution in [0.3, 0.4) is 0 Å². The quantitative estimate of drug-likeness (QED) is 0.589. The Morgan fingerprint density at radius 3 is 2.50 bits per heavy atom. The van der Waals surface area contributed by atoms with Gasteiger partial charge in [-0.2, -0.15) is 0 Å². The van der Waals surface area contributed by atoms with Gasteiger partial charge in [-0.05, 0) is 18.9 Å². The molecule has 20 heavy (non-hydrogen) atoms. The molecule has 1 heterocycles. The molecule has 0 atom stereocenters. The highest BCUT2D eigenvalue weighted by Crippen LogP contribution is 2.26. The third-order valence-electron chi connectivity index (χ3n) is 2.95. The van der Waals surface area contributed by atoms with Crippen LogP contribution >= 0.6 is 11.3 Å². The van der Waals surface area contributed by atoms with E-state index < -0.39 is 16.0 Å². The Morgan fingerprint density at radius 1 is 1.30 bits per heavy atom. The van der Waals surface area contributed by atoms with Crippen molar-refractivity contribution in [3.05, 3.63) is 16.5 Å². The molecule has 1 rings (SSSR count). The number of carbonyl (C=O) groups is 1. The minimum atomic E-state index is -3.77. The van der Waals surface area contributed by atoms with Gasteiger partial charge in [-0.1, -0.05) is 32.6 Å². The van der Waals surface area contributed by atoms with Gasteiger partial charge < -0.3 is 4.74 Å². The first-order chi connectivity index (χ1) is 9.38. The zero-order valence-corrected chi connectivity index (χ0v) is 13.5. The Kier molecular flexibility index (Phi) is 6.64. The minimum absolute atomic E-state index is 0.0207. The molecule has 0 unspecified atom stereocenters. The zero-order chi connectivity index (χ0) is 15.2. The van der Waals surface area contributed by atoms with Crippen LogP contribution in [-0.2, 0) is 14.8 Å². The van der Waals surface area contributed by atoms with Gasteiger partial charge >= 0.3 is 5.97 Å². The van der Waals surface area contributed by atoms with E-state index in [1.807, 2.05) is 0 Å². The van der Waals surface area contributed by atoms with Crippen molar-refractivity contribution in [1.29, 1.82) is 0 Å². The van der Waals surface area contributed by atoms with Crippen LogP contribution in [0.4, 0.5) is 0 Å². The molecule has 0 amide bonds. The first kappa shape index (κ1) is 17.1. The van der Waals surface area contributed by atoms with Gasteiger partial charge in [-0.25, -0.2) is 18.4 Å². The van der Waals surface area contributed by atoms with Crippen LogP contribution in [0, 0.1) is 6.92 Å². The van der Waals surface area contributed by atoms with Gasteiger partial charge in [0, 0.05) is 5.38 Å². The fourth-order valence-corrected chi connectivity index (χ4v) is 3.83. The summed E-state index contributed by atoms with van der Waals surface area (Å²) in [6, 6.07) is 0. The van der Waals surface area contributed by atoms with E-state index in [0.717, 1.165) is 30.6 Å². The normalized spacial score (nSPS) is 11.6. The van der Waals surface area contributed by atoms with Crippen molar-refractivity contribution in [1.82, 2.24) is 0 Å². The van der Waals surface area contributed by atoms with Crippen molar-refractivity contribution in [3.63, 3.8) is 0 Å². The molecule has 0 aliphatic carbocycles. The molecular formula is C13H21NO4S2. The molecule has 0 aliphatic rings. The van der Waals surface area contributed by atoms with Crippen molar-refractivity contribution < 1.29 is 17.9 Å². The lowest BCUT2D eigenvalue weighted by molar-refractivity contribution is 0.0497. The average Bonchev–Trinajstić information content (AvgIpc) is 2.75. The number of unbranched alkanes of at least 4 members (excludes halogenated alkanes) is 4. The van der Waals surface area contributed by atoms with E-state index in [-0.39, 0.29) is 9.77 Å². The number of nitrogens with two attached hydrogens (primary N) is 1. The van der Waals surface area contributed by atoms with Crippen molar-refractivity contribution in [2.24, 2.45) is 5.14 Å². The Hall–Kier alpha value is -0.920. The molecule has 0 aliphatic heterocycles. The number of esters is 1. The third-order valence-corrected chi connectivity index (χ3v) is 5.64. The summed E-state index contributed by atoms with van der Waals surface area (Å²) in [6.45, 7) is 4.07. The van der Waals surface area contributed by atoms with Gasteiger partial charge in [-0.3, -0.25) is 0 Å². The molecule has 0 fully saturated rings. The standard InChI is InChI=1S/C13H21NO4S2/c1-3-4-5-6-7-8-18-12(15)11-9-19-13(10(11)2)20(14,16)17/h9H,3-8H2,1-2H3,(H2,14,16,17). The number of carbonyl (C=O) groups excluding carboxylic acids is 1. The molecule has 5 nitrogen and oxygen atoms in total. The summed E-state index contributed by atoms with van der Waals surface area (Å²) in [4.78, 5) is 11.8. The number of thiophene rings is 1. The van der Waals surface area contributed by atoms with Crippen molar-refractivity contribution >= 4 is 27.3 Å². The fourth-order valence-electron chi connectivity index (χ4n) is 1.83.